The van der Waals surface area contributed by atoms with Crippen molar-refractivity contribution >= 4 is 15.8 Å². The lowest BCUT2D eigenvalue weighted by Crippen LogP contribution is -2.35. The summed E-state index contributed by atoms with van der Waals surface area (Å²) < 4.78 is 27.6. The number of anilines is 1. The number of sulfonamides is 1. The minimum absolute atomic E-state index is 0.0507. The average molecular weight is 260 g/mol. The molecule has 0 amide bonds. The van der Waals surface area contributed by atoms with Crippen molar-refractivity contribution in [1.82, 2.24) is 13.9 Å². The number of hydrogen-bond donors (Lipinski definition) is 1. The summed E-state index contributed by atoms with van der Waals surface area (Å²) in [6.45, 7) is 6.66. The first-order valence-corrected chi connectivity index (χ1v) is 7.01. The van der Waals surface area contributed by atoms with E-state index in [-0.39, 0.29) is 16.8 Å². The molecule has 6 nitrogen and oxygen atoms in total. The Bertz CT molecular complexity index is 459. The van der Waals surface area contributed by atoms with Gasteiger partial charge in [0.2, 0.25) is 0 Å². The van der Waals surface area contributed by atoms with Gasteiger partial charge >= 0.3 is 0 Å². The zero-order valence-corrected chi connectivity index (χ0v) is 11.5. The van der Waals surface area contributed by atoms with Gasteiger partial charge in [-0.3, -0.25) is 0 Å². The molecule has 17 heavy (non-hydrogen) atoms. The van der Waals surface area contributed by atoms with Crippen molar-refractivity contribution < 1.29 is 8.42 Å². The summed E-state index contributed by atoms with van der Waals surface area (Å²) in [5, 5.41) is 0.0694. The fraction of sp³-hybridized carbons (Fsp3) is 0.700. The lowest BCUT2D eigenvalue weighted by Gasteiger charge is -2.22. The van der Waals surface area contributed by atoms with E-state index in [4.69, 9.17) is 5.73 Å². The van der Waals surface area contributed by atoms with E-state index in [1.807, 2.05) is 20.8 Å². The van der Waals surface area contributed by atoms with Crippen molar-refractivity contribution in [2.24, 2.45) is 13.0 Å². The second-order valence-electron chi connectivity index (χ2n) is 4.40. The van der Waals surface area contributed by atoms with E-state index in [2.05, 4.69) is 4.98 Å². The van der Waals surface area contributed by atoms with Crippen molar-refractivity contribution in [1.29, 1.82) is 0 Å². The highest BCUT2D eigenvalue weighted by Gasteiger charge is 2.29. The largest absolute Gasteiger partial charge is 0.381 e. The number of nitrogens with zero attached hydrogens (tertiary/aromatic N) is 3. The highest BCUT2D eigenvalue weighted by atomic mass is 32.2. The van der Waals surface area contributed by atoms with Crippen molar-refractivity contribution in [2.45, 2.75) is 25.8 Å². The molecule has 0 saturated heterocycles. The van der Waals surface area contributed by atoms with Crippen LogP contribution in [-0.4, -0.2) is 35.4 Å². The van der Waals surface area contributed by atoms with Crippen LogP contribution in [0.25, 0.3) is 0 Å². The highest BCUT2D eigenvalue weighted by molar-refractivity contribution is 7.89. The van der Waals surface area contributed by atoms with Crippen molar-refractivity contribution in [3.8, 4) is 0 Å². The number of rotatable bonds is 5. The summed E-state index contributed by atoms with van der Waals surface area (Å²) >= 11 is 0. The Balaban J connectivity index is 3.18. The van der Waals surface area contributed by atoms with E-state index in [0.717, 1.165) is 0 Å². The molecule has 0 aliphatic heterocycles. The maximum absolute atomic E-state index is 12.4. The zero-order valence-electron chi connectivity index (χ0n) is 10.7. The van der Waals surface area contributed by atoms with Gasteiger partial charge in [-0.25, -0.2) is 13.4 Å². The third-order valence-electron chi connectivity index (χ3n) is 2.42. The second kappa shape index (κ2) is 5.05. The number of hydrogen-bond acceptors (Lipinski definition) is 4. The first kappa shape index (κ1) is 14.0. The summed E-state index contributed by atoms with van der Waals surface area (Å²) in [5.41, 5.74) is 5.61. The molecular formula is C10H20N4O2S. The maximum Gasteiger partial charge on any atom is 0.262 e. The molecule has 0 bridgehead atoms. The predicted molar refractivity (Wildman–Crippen MR) is 66.9 cm³/mol. The van der Waals surface area contributed by atoms with Crippen LogP contribution < -0.4 is 5.73 Å². The fourth-order valence-electron chi connectivity index (χ4n) is 1.68. The van der Waals surface area contributed by atoms with Crippen LogP contribution in [0.1, 0.15) is 20.8 Å². The van der Waals surface area contributed by atoms with Gasteiger partial charge in [0.25, 0.3) is 10.0 Å². The SMILES string of the molecule is CCN(CC(C)C)S(=O)(=O)c1c(N)ncn1C. The third-order valence-corrected chi connectivity index (χ3v) is 4.49. The van der Waals surface area contributed by atoms with Crippen LogP contribution in [0.2, 0.25) is 0 Å². The number of nitrogen functional groups attached to an aromatic ring is 1. The molecule has 0 aliphatic carbocycles. The Labute approximate surface area is 102 Å². The molecule has 1 aromatic heterocycles. The Morgan fingerprint density at radius 1 is 1.53 bits per heavy atom. The smallest absolute Gasteiger partial charge is 0.262 e. The van der Waals surface area contributed by atoms with E-state index in [1.165, 1.54) is 15.2 Å². The molecule has 0 aliphatic rings. The summed E-state index contributed by atoms with van der Waals surface area (Å²) in [7, 11) is -1.93. The van der Waals surface area contributed by atoms with Crippen molar-refractivity contribution in [3.05, 3.63) is 6.33 Å². The Hall–Kier alpha value is -1.08. The number of nitrogens with two attached hydrogens (primary N) is 1. The van der Waals surface area contributed by atoms with Crippen LogP contribution in [0.3, 0.4) is 0 Å². The standard InChI is InChI=1S/C10H20N4O2S/c1-5-14(6-8(2)3)17(15,16)10-9(11)12-7-13(10)4/h7-8H,5-6,11H2,1-4H3. The molecule has 1 heterocycles. The van der Waals surface area contributed by atoms with E-state index in [9.17, 15) is 8.42 Å². The van der Waals surface area contributed by atoms with E-state index < -0.39 is 10.0 Å². The Kier molecular flexibility index (Phi) is 4.16. The van der Waals surface area contributed by atoms with Crippen LogP contribution >= 0.6 is 0 Å². The highest BCUT2D eigenvalue weighted by Crippen LogP contribution is 2.21. The van der Waals surface area contributed by atoms with Gasteiger partial charge < -0.3 is 10.3 Å². The fourth-order valence-corrected chi connectivity index (χ4v) is 3.48. The molecule has 2 N–H and O–H groups in total. The number of imidazole rings is 1. The van der Waals surface area contributed by atoms with Gasteiger partial charge in [-0.2, -0.15) is 4.31 Å². The molecule has 0 spiro atoms. The van der Waals surface area contributed by atoms with Gasteiger partial charge in [-0.1, -0.05) is 20.8 Å². The van der Waals surface area contributed by atoms with Gasteiger partial charge in [0.15, 0.2) is 10.8 Å². The minimum Gasteiger partial charge on any atom is -0.381 e. The normalized spacial score (nSPS) is 12.6. The first-order chi connectivity index (χ1) is 7.80. The molecule has 98 valence electrons. The summed E-state index contributed by atoms with van der Waals surface area (Å²) in [4.78, 5) is 3.81. The van der Waals surface area contributed by atoms with Crippen molar-refractivity contribution in [3.63, 3.8) is 0 Å². The van der Waals surface area contributed by atoms with Crippen LogP contribution in [0, 0.1) is 5.92 Å². The summed E-state index contributed by atoms with van der Waals surface area (Å²) in [6.07, 6.45) is 1.41. The molecule has 0 aromatic carbocycles. The maximum atomic E-state index is 12.4. The minimum atomic E-state index is -3.56. The van der Waals surface area contributed by atoms with Crippen LogP contribution in [0.15, 0.2) is 11.4 Å². The van der Waals surface area contributed by atoms with Gasteiger partial charge in [-0.15, -0.1) is 0 Å². The molecule has 0 atom stereocenters. The molecule has 1 aromatic rings. The van der Waals surface area contributed by atoms with Gasteiger partial charge in [0.05, 0.1) is 6.33 Å². The molecule has 0 radical (unpaired) electrons. The lowest BCUT2D eigenvalue weighted by atomic mass is 10.2. The van der Waals surface area contributed by atoms with Crippen LogP contribution in [-0.2, 0) is 17.1 Å². The first-order valence-electron chi connectivity index (χ1n) is 5.57. The zero-order chi connectivity index (χ0) is 13.2. The summed E-state index contributed by atoms with van der Waals surface area (Å²) in [5.74, 6) is 0.314. The molecular weight excluding hydrogens is 240 g/mol. The van der Waals surface area contributed by atoms with Crippen LogP contribution in [0.4, 0.5) is 5.82 Å². The quantitative estimate of drug-likeness (QED) is 0.843. The van der Waals surface area contributed by atoms with Gasteiger partial charge in [0.1, 0.15) is 0 Å². The number of aryl methyl sites for hydroxylation is 1. The van der Waals surface area contributed by atoms with Crippen molar-refractivity contribution in [2.75, 3.05) is 18.8 Å². The molecule has 0 fully saturated rings. The average Bonchev–Trinajstić information content (AvgIpc) is 2.54. The molecule has 0 saturated carbocycles. The topological polar surface area (TPSA) is 81.2 Å². The van der Waals surface area contributed by atoms with E-state index >= 15 is 0 Å². The monoisotopic (exact) mass is 260 g/mol. The van der Waals surface area contributed by atoms with Gasteiger partial charge in [-0.05, 0) is 5.92 Å². The predicted octanol–water partition coefficient (Wildman–Crippen LogP) is 0.669. The number of aromatic nitrogens is 2. The molecule has 1 rings (SSSR count). The summed E-state index contributed by atoms with van der Waals surface area (Å²) in [6, 6.07) is 0. The lowest BCUT2D eigenvalue weighted by molar-refractivity contribution is 0.378. The molecule has 7 heteroatoms. The van der Waals surface area contributed by atoms with Crippen LogP contribution in [0.5, 0.6) is 0 Å². The Morgan fingerprint density at radius 3 is 2.47 bits per heavy atom. The second-order valence-corrected chi connectivity index (χ2v) is 6.25. The molecule has 0 unspecified atom stereocenters. The van der Waals surface area contributed by atoms with E-state index in [1.54, 1.807) is 7.05 Å². The third kappa shape index (κ3) is 2.78. The van der Waals surface area contributed by atoms with E-state index in [0.29, 0.717) is 13.1 Å². The Morgan fingerprint density at radius 2 is 2.12 bits per heavy atom. The van der Waals surface area contributed by atoms with Gasteiger partial charge in [0, 0.05) is 20.1 Å².